The molecule has 1 fully saturated rings. The molecule has 0 aliphatic carbocycles. The number of carbonyl (C=O) groups excluding carboxylic acids is 1. The molecule has 3 aromatic carbocycles. The molecular weight excluding hydrogens is 468 g/mol. The predicted octanol–water partition coefficient (Wildman–Crippen LogP) is 5.73. The molecule has 1 heterocycles. The minimum absolute atomic E-state index is 0.0177. The summed E-state index contributed by atoms with van der Waals surface area (Å²) in [4.78, 5) is 13.4. The highest BCUT2D eigenvalue weighted by Gasteiger charge is 2.29. The molecule has 1 amide bonds. The van der Waals surface area contributed by atoms with Gasteiger partial charge in [0.2, 0.25) is 10.0 Å². The van der Waals surface area contributed by atoms with E-state index < -0.39 is 10.0 Å². The molecule has 1 saturated heterocycles. The maximum absolute atomic E-state index is 13.4. The van der Waals surface area contributed by atoms with Crippen molar-refractivity contribution in [1.29, 1.82) is 0 Å². The first-order chi connectivity index (χ1) is 16.4. The fraction of sp³-hybridized carbons (Fsp3) is 0.296. The molecule has 0 radical (unpaired) electrons. The molecule has 0 aromatic heterocycles. The van der Waals surface area contributed by atoms with Crippen molar-refractivity contribution < 1.29 is 13.2 Å². The average molecular weight is 497 g/mol. The normalized spacial score (nSPS) is 15.9. The van der Waals surface area contributed by atoms with Gasteiger partial charge in [0.15, 0.2) is 0 Å². The van der Waals surface area contributed by atoms with Gasteiger partial charge in [0.1, 0.15) is 4.90 Å². The van der Waals surface area contributed by atoms with Crippen molar-refractivity contribution in [2.75, 3.05) is 13.1 Å². The molecule has 4 rings (SSSR count). The molecule has 3 aromatic rings. The smallest absolute Gasteiger partial charge is 0.252 e. The van der Waals surface area contributed by atoms with Crippen LogP contribution in [0.25, 0.3) is 0 Å². The van der Waals surface area contributed by atoms with Crippen LogP contribution in [0, 0.1) is 6.92 Å². The van der Waals surface area contributed by atoms with Crippen LogP contribution >= 0.6 is 11.6 Å². The number of carbonyl (C=O) groups is 1. The molecule has 1 N–H and O–H groups in total. The lowest BCUT2D eigenvalue weighted by molar-refractivity contribution is 0.0942. The Labute approximate surface area is 206 Å². The summed E-state index contributed by atoms with van der Waals surface area (Å²) in [5, 5.41) is 3.23. The van der Waals surface area contributed by atoms with Gasteiger partial charge >= 0.3 is 0 Å². The zero-order valence-corrected chi connectivity index (χ0v) is 20.8. The summed E-state index contributed by atoms with van der Waals surface area (Å²) in [5.74, 6) is -0.360. The summed E-state index contributed by atoms with van der Waals surface area (Å²) in [6, 6.07) is 21.7. The molecule has 7 heteroatoms. The van der Waals surface area contributed by atoms with E-state index in [0.29, 0.717) is 13.1 Å². The molecule has 0 spiro atoms. The van der Waals surface area contributed by atoms with Crippen molar-refractivity contribution in [2.24, 2.45) is 0 Å². The Balaban J connectivity index is 1.66. The van der Waals surface area contributed by atoms with E-state index in [1.54, 1.807) is 6.07 Å². The lowest BCUT2D eigenvalue weighted by Crippen LogP contribution is -2.33. The SMILES string of the molecule is Cc1ccccc1[C@H](NC(=O)c1ccc(Cl)c(S(=O)(=O)N2CCCCCC2)c1)c1ccccc1. The van der Waals surface area contributed by atoms with Crippen molar-refractivity contribution in [3.8, 4) is 0 Å². The van der Waals surface area contributed by atoms with Gasteiger partial charge in [-0.1, -0.05) is 79.0 Å². The third kappa shape index (κ3) is 5.35. The minimum atomic E-state index is -3.79. The van der Waals surface area contributed by atoms with Gasteiger partial charge in [0, 0.05) is 18.7 Å². The molecule has 5 nitrogen and oxygen atoms in total. The fourth-order valence-corrected chi connectivity index (χ4v) is 6.39. The Bertz CT molecular complexity index is 1250. The van der Waals surface area contributed by atoms with Gasteiger partial charge in [-0.3, -0.25) is 4.79 Å². The highest BCUT2D eigenvalue weighted by atomic mass is 35.5. The van der Waals surface area contributed by atoms with Crippen LogP contribution in [-0.2, 0) is 10.0 Å². The van der Waals surface area contributed by atoms with Gasteiger partial charge in [-0.2, -0.15) is 4.31 Å². The summed E-state index contributed by atoms with van der Waals surface area (Å²) in [5.41, 5.74) is 3.23. The third-order valence-electron chi connectivity index (χ3n) is 6.28. The van der Waals surface area contributed by atoms with Gasteiger partial charge in [-0.15, -0.1) is 0 Å². The van der Waals surface area contributed by atoms with E-state index in [4.69, 9.17) is 11.6 Å². The quantitative estimate of drug-likeness (QED) is 0.473. The van der Waals surface area contributed by atoms with Crippen LogP contribution in [0.5, 0.6) is 0 Å². The molecule has 1 aliphatic heterocycles. The van der Waals surface area contributed by atoms with E-state index in [1.165, 1.54) is 16.4 Å². The number of halogens is 1. The Morgan fingerprint density at radius 3 is 2.24 bits per heavy atom. The molecular formula is C27H29ClN2O3S. The number of hydrogen-bond donors (Lipinski definition) is 1. The molecule has 178 valence electrons. The molecule has 1 aliphatic rings. The number of aryl methyl sites for hydroxylation is 1. The van der Waals surface area contributed by atoms with Gasteiger partial charge in [-0.25, -0.2) is 8.42 Å². The van der Waals surface area contributed by atoms with Crippen molar-refractivity contribution in [3.63, 3.8) is 0 Å². The number of hydrogen-bond acceptors (Lipinski definition) is 3. The van der Waals surface area contributed by atoms with Gasteiger partial charge < -0.3 is 5.32 Å². The number of nitrogens with zero attached hydrogens (tertiary/aromatic N) is 1. The third-order valence-corrected chi connectivity index (χ3v) is 8.66. The van der Waals surface area contributed by atoms with Gasteiger partial charge in [0.05, 0.1) is 11.1 Å². The van der Waals surface area contributed by atoms with Crippen molar-refractivity contribution in [3.05, 3.63) is 100 Å². The fourth-order valence-electron chi connectivity index (χ4n) is 4.37. The number of rotatable bonds is 6. The largest absolute Gasteiger partial charge is 0.341 e. The Morgan fingerprint density at radius 1 is 0.912 bits per heavy atom. The number of nitrogens with one attached hydrogen (secondary N) is 1. The number of benzene rings is 3. The zero-order chi connectivity index (χ0) is 24.1. The van der Waals surface area contributed by atoms with E-state index >= 15 is 0 Å². The van der Waals surface area contributed by atoms with Crippen molar-refractivity contribution in [2.45, 2.75) is 43.5 Å². The average Bonchev–Trinajstić information content (AvgIpc) is 3.14. The highest BCUT2D eigenvalue weighted by molar-refractivity contribution is 7.89. The van der Waals surface area contributed by atoms with Gasteiger partial charge in [-0.05, 0) is 54.7 Å². The first-order valence-corrected chi connectivity index (χ1v) is 13.4. The summed E-state index contributed by atoms with van der Waals surface area (Å²) in [6.45, 7) is 2.95. The maximum atomic E-state index is 13.4. The molecule has 0 saturated carbocycles. The second kappa shape index (κ2) is 10.7. The zero-order valence-electron chi connectivity index (χ0n) is 19.2. The monoisotopic (exact) mass is 496 g/mol. The first-order valence-electron chi connectivity index (χ1n) is 11.6. The summed E-state index contributed by atoms with van der Waals surface area (Å²) in [7, 11) is -3.79. The van der Waals surface area contributed by atoms with E-state index in [1.807, 2.05) is 61.5 Å². The van der Waals surface area contributed by atoms with Crippen LogP contribution in [0.4, 0.5) is 0 Å². The molecule has 0 bridgehead atoms. The Kier molecular flexibility index (Phi) is 7.71. The van der Waals surface area contributed by atoms with Crippen LogP contribution in [0.1, 0.15) is 58.8 Å². The number of sulfonamides is 1. The predicted molar refractivity (Wildman–Crippen MR) is 136 cm³/mol. The second-order valence-corrected chi connectivity index (χ2v) is 11.0. The molecule has 0 unspecified atom stereocenters. The highest BCUT2D eigenvalue weighted by Crippen LogP contribution is 2.29. The Morgan fingerprint density at radius 2 is 1.56 bits per heavy atom. The lowest BCUT2D eigenvalue weighted by Gasteiger charge is -2.23. The van der Waals surface area contributed by atoms with E-state index in [-0.39, 0.29) is 27.4 Å². The number of amides is 1. The first kappa shape index (κ1) is 24.5. The molecule has 1 atom stereocenters. The van der Waals surface area contributed by atoms with Crippen LogP contribution in [-0.4, -0.2) is 31.7 Å². The summed E-state index contributed by atoms with van der Waals surface area (Å²) >= 11 is 6.33. The lowest BCUT2D eigenvalue weighted by atomic mass is 9.94. The maximum Gasteiger partial charge on any atom is 0.252 e. The van der Waals surface area contributed by atoms with Gasteiger partial charge in [0.25, 0.3) is 5.91 Å². The standard InChI is InChI=1S/C27H29ClN2O3S/c1-20-11-7-8-14-23(20)26(21-12-5-4-6-13-21)29-27(31)22-15-16-24(28)25(19-22)34(32,33)30-17-9-2-3-10-18-30/h4-8,11-16,19,26H,2-3,9-10,17-18H2,1H3,(H,29,31)/t26-/m1/s1. The van der Waals surface area contributed by atoms with Crippen LogP contribution in [0.2, 0.25) is 5.02 Å². The van der Waals surface area contributed by atoms with Crippen LogP contribution in [0.15, 0.2) is 77.7 Å². The summed E-state index contributed by atoms with van der Waals surface area (Å²) < 4.78 is 28.2. The molecule has 34 heavy (non-hydrogen) atoms. The minimum Gasteiger partial charge on any atom is -0.341 e. The summed E-state index contributed by atoms with van der Waals surface area (Å²) in [6.07, 6.45) is 3.68. The van der Waals surface area contributed by atoms with Crippen LogP contribution < -0.4 is 5.32 Å². The van der Waals surface area contributed by atoms with E-state index in [9.17, 15) is 13.2 Å². The van der Waals surface area contributed by atoms with E-state index in [0.717, 1.165) is 42.4 Å². The Hall–Kier alpha value is -2.67. The van der Waals surface area contributed by atoms with E-state index in [2.05, 4.69) is 5.32 Å². The topological polar surface area (TPSA) is 66.5 Å². The van der Waals surface area contributed by atoms with Crippen molar-refractivity contribution >= 4 is 27.5 Å². The van der Waals surface area contributed by atoms with Crippen molar-refractivity contribution in [1.82, 2.24) is 9.62 Å². The second-order valence-electron chi connectivity index (χ2n) is 8.64. The van der Waals surface area contributed by atoms with Crippen LogP contribution in [0.3, 0.4) is 0 Å².